The fourth-order valence-corrected chi connectivity index (χ4v) is 4.85. The van der Waals surface area contributed by atoms with E-state index in [1.807, 2.05) is 6.92 Å². The van der Waals surface area contributed by atoms with Crippen LogP contribution in [0.1, 0.15) is 24.2 Å². The van der Waals surface area contributed by atoms with E-state index in [4.69, 9.17) is 4.74 Å². The molecule has 8 heteroatoms. The second kappa shape index (κ2) is 6.18. The molecule has 0 aliphatic carbocycles. The lowest BCUT2D eigenvalue weighted by Gasteiger charge is -2.31. The molecule has 2 atom stereocenters. The summed E-state index contributed by atoms with van der Waals surface area (Å²) in [6.07, 6.45) is -0.0349. The fourth-order valence-electron chi connectivity index (χ4n) is 3.04. The Balaban J connectivity index is 1.89. The first kappa shape index (κ1) is 16.9. The highest BCUT2D eigenvalue weighted by Crippen LogP contribution is 2.29. The minimum Gasteiger partial charge on any atom is -0.375 e. The van der Waals surface area contributed by atoms with Crippen molar-refractivity contribution in [3.05, 3.63) is 29.8 Å². The van der Waals surface area contributed by atoms with Gasteiger partial charge in [0.05, 0.1) is 30.1 Å². The number of carbonyl (C=O) groups is 2. The van der Waals surface area contributed by atoms with Crippen molar-refractivity contribution in [1.29, 1.82) is 0 Å². The van der Waals surface area contributed by atoms with Crippen LogP contribution in [0.2, 0.25) is 0 Å². The van der Waals surface area contributed by atoms with Crippen LogP contribution in [-0.4, -0.2) is 56.7 Å². The van der Waals surface area contributed by atoms with Crippen LogP contribution in [0.25, 0.3) is 0 Å². The lowest BCUT2D eigenvalue weighted by atomic mass is 10.1. The standard InChI is InChI=1S/C16H20N2O5S/c1-11-10-24(21,22)18(15(11)19)14-5-3-4-13(8-14)16(20)17-6-7-23-12(2)9-17/h3-5,8,11-12H,6-7,9-10H2,1-2H3. The molecule has 2 aliphatic heterocycles. The van der Waals surface area contributed by atoms with Gasteiger partial charge in [-0.3, -0.25) is 9.59 Å². The maximum atomic E-state index is 12.6. The smallest absolute Gasteiger partial charge is 0.254 e. The third kappa shape index (κ3) is 3.03. The van der Waals surface area contributed by atoms with Crippen molar-refractivity contribution in [2.45, 2.75) is 20.0 Å². The summed E-state index contributed by atoms with van der Waals surface area (Å²) < 4.78 is 30.6. The van der Waals surface area contributed by atoms with E-state index in [2.05, 4.69) is 0 Å². The zero-order valence-corrected chi connectivity index (χ0v) is 14.5. The second-order valence-corrected chi connectivity index (χ2v) is 8.13. The Bertz CT molecular complexity index is 776. The number of morpholine rings is 1. The number of hydrogen-bond acceptors (Lipinski definition) is 5. The van der Waals surface area contributed by atoms with Gasteiger partial charge in [-0.05, 0) is 25.1 Å². The molecule has 0 saturated carbocycles. The Morgan fingerprint density at radius 2 is 2.04 bits per heavy atom. The molecule has 2 aliphatic rings. The van der Waals surface area contributed by atoms with Crippen molar-refractivity contribution in [2.75, 3.05) is 29.8 Å². The molecule has 7 nitrogen and oxygen atoms in total. The summed E-state index contributed by atoms with van der Waals surface area (Å²) in [5, 5.41) is 0. The van der Waals surface area contributed by atoms with E-state index in [-0.39, 0.29) is 23.5 Å². The van der Waals surface area contributed by atoms with E-state index in [1.54, 1.807) is 24.0 Å². The van der Waals surface area contributed by atoms with Crippen LogP contribution < -0.4 is 4.31 Å². The minimum absolute atomic E-state index is 0.0349. The lowest BCUT2D eigenvalue weighted by Crippen LogP contribution is -2.44. The van der Waals surface area contributed by atoms with Crippen LogP contribution in [0.4, 0.5) is 5.69 Å². The molecule has 0 bridgehead atoms. The zero-order valence-electron chi connectivity index (χ0n) is 13.6. The molecule has 2 amide bonds. The number of hydrogen-bond donors (Lipinski definition) is 0. The number of ether oxygens (including phenoxy) is 1. The molecule has 1 aromatic carbocycles. The predicted octanol–water partition coefficient (Wildman–Crippen LogP) is 0.860. The molecule has 2 fully saturated rings. The molecule has 24 heavy (non-hydrogen) atoms. The molecule has 0 radical (unpaired) electrons. The summed E-state index contributed by atoms with van der Waals surface area (Å²) >= 11 is 0. The Morgan fingerprint density at radius 3 is 2.67 bits per heavy atom. The van der Waals surface area contributed by atoms with Crippen LogP contribution >= 0.6 is 0 Å². The minimum atomic E-state index is -3.68. The van der Waals surface area contributed by atoms with Crippen molar-refractivity contribution < 1.29 is 22.7 Å². The average molecular weight is 352 g/mol. The van der Waals surface area contributed by atoms with Crippen molar-refractivity contribution in [2.24, 2.45) is 5.92 Å². The molecule has 2 heterocycles. The van der Waals surface area contributed by atoms with E-state index < -0.39 is 21.8 Å². The van der Waals surface area contributed by atoms with Gasteiger partial charge >= 0.3 is 0 Å². The van der Waals surface area contributed by atoms with Gasteiger partial charge in [-0.1, -0.05) is 13.0 Å². The molecule has 2 unspecified atom stereocenters. The first-order chi connectivity index (χ1) is 11.3. The van der Waals surface area contributed by atoms with Crippen LogP contribution in [-0.2, 0) is 19.6 Å². The van der Waals surface area contributed by atoms with Crippen molar-refractivity contribution in [1.82, 2.24) is 4.90 Å². The summed E-state index contributed by atoms with van der Waals surface area (Å²) in [7, 11) is -3.68. The molecule has 1 aromatic rings. The summed E-state index contributed by atoms with van der Waals surface area (Å²) in [5.74, 6) is -1.43. The normalized spacial score (nSPS) is 26.7. The first-order valence-electron chi connectivity index (χ1n) is 7.87. The highest BCUT2D eigenvalue weighted by Gasteiger charge is 2.42. The third-order valence-corrected chi connectivity index (χ3v) is 6.08. The number of rotatable bonds is 2. The van der Waals surface area contributed by atoms with Gasteiger partial charge in [0.1, 0.15) is 0 Å². The van der Waals surface area contributed by atoms with Gasteiger partial charge in [0.2, 0.25) is 15.9 Å². The molecule has 130 valence electrons. The summed E-state index contributed by atoms with van der Waals surface area (Å²) in [6.45, 7) is 4.94. The van der Waals surface area contributed by atoms with Crippen LogP contribution in [0.3, 0.4) is 0 Å². The quantitative estimate of drug-likeness (QED) is 0.788. The Morgan fingerprint density at radius 1 is 1.29 bits per heavy atom. The number of nitrogens with zero attached hydrogens (tertiary/aromatic N) is 2. The Labute approximate surface area is 141 Å². The van der Waals surface area contributed by atoms with E-state index in [0.717, 1.165) is 4.31 Å². The monoisotopic (exact) mass is 352 g/mol. The van der Waals surface area contributed by atoms with Gasteiger partial charge in [0.15, 0.2) is 0 Å². The average Bonchev–Trinajstić information content (AvgIpc) is 2.74. The second-order valence-electron chi connectivity index (χ2n) is 6.27. The Hall–Kier alpha value is -1.93. The number of carbonyl (C=O) groups excluding carboxylic acids is 2. The first-order valence-corrected chi connectivity index (χ1v) is 9.48. The molecule has 0 spiro atoms. The van der Waals surface area contributed by atoms with Crippen molar-refractivity contribution in [3.63, 3.8) is 0 Å². The molecule has 0 aromatic heterocycles. The summed E-state index contributed by atoms with van der Waals surface area (Å²) in [6, 6.07) is 6.23. The van der Waals surface area contributed by atoms with Crippen molar-refractivity contribution in [3.8, 4) is 0 Å². The van der Waals surface area contributed by atoms with Gasteiger partial charge in [-0.2, -0.15) is 0 Å². The molecule has 0 N–H and O–H groups in total. The topological polar surface area (TPSA) is 84.0 Å². The van der Waals surface area contributed by atoms with Gasteiger partial charge in [-0.25, -0.2) is 12.7 Å². The fraction of sp³-hybridized carbons (Fsp3) is 0.500. The lowest BCUT2D eigenvalue weighted by molar-refractivity contribution is -0.119. The number of sulfonamides is 1. The zero-order chi connectivity index (χ0) is 17.5. The van der Waals surface area contributed by atoms with Gasteiger partial charge < -0.3 is 9.64 Å². The van der Waals surface area contributed by atoms with Crippen LogP contribution in [0.5, 0.6) is 0 Å². The molecular formula is C16H20N2O5S. The maximum Gasteiger partial charge on any atom is 0.254 e. The maximum absolute atomic E-state index is 12.6. The highest BCUT2D eigenvalue weighted by atomic mass is 32.2. The van der Waals surface area contributed by atoms with E-state index in [0.29, 0.717) is 25.3 Å². The van der Waals surface area contributed by atoms with Crippen molar-refractivity contribution >= 4 is 27.5 Å². The van der Waals surface area contributed by atoms with Gasteiger partial charge in [0.25, 0.3) is 5.91 Å². The molecule has 3 rings (SSSR count). The number of benzene rings is 1. The summed E-state index contributed by atoms with van der Waals surface area (Å²) in [4.78, 5) is 26.5. The van der Waals surface area contributed by atoms with Gasteiger partial charge in [-0.15, -0.1) is 0 Å². The largest absolute Gasteiger partial charge is 0.375 e. The van der Waals surface area contributed by atoms with Crippen LogP contribution in [0.15, 0.2) is 24.3 Å². The predicted molar refractivity (Wildman–Crippen MR) is 88.2 cm³/mol. The van der Waals surface area contributed by atoms with E-state index >= 15 is 0 Å². The van der Waals surface area contributed by atoms with Gasteiger partial charge in [0, 0.05) is 18.7 Å². The number of anilines is 1. The Kier molecular flexibility index (Phi) is 4.35. The van der Waals surface area contributed by atoms with E-state index in [1.165, 1.54) is 12.1 Å². The summed E-state index contributed by atoms with van der Waals surface area (Å²) in [5.41, 5.74) is 0.584. The van der Waals surface area contributed by atoms with E-state index in [9.17, 15) is 18.0 Å². The highest BCUT2D eigenvalue weighted by molar-refractivity contribution is 7.94. The van der Waals surface area contributed by atoms with Crippen LogP contribution in [0, 0.1) is 5.92 Å². The third-order valence-electron chi connectivity index (χ3n) is 4.22. The molecular weight excluding hydrogens is 332 g/mol. The molecule has 2 saturated heterocycles. The SMILES string of the molecule is CC1CN(C(=O)c2cccc(N3C(=O)C(C)CS3(=O)=O)c2)CCO1. The number of amides is 2.